The Labute approximate surface area is 169 Å². The van der Waals surface area contributed by atoms with Crippen LogP contribution in [0.15, 0.2) is 48.8 Å². The van der Waals surface area contributed by atoms with Crippen molar-refractivity contribution in [1.29, 1.82) is 0 Å². The van der Waals surface area contributed by atoms with Crippen LogP contribution in [0.4, 0.5) is 16.2 Å². The van der Waals surface area contributed by atoms with Crippen LogP contribution in [-0.2, 0) is 4.74 Å². The average molecular weight is 397 g/mol. The molecule has 2 aromatic rings. The number of hydrogen-bond donors (Lipinski definition) is 0. The first kappa shape index (κ1) is 20.2. The number of nitrogens with zero attached hydrogens (tertiary/aromatic N) is 3. The molecule has 0 saturated heterocycles. The molecule has 8 heteroatoms. The molecule has 0 amide bonds. The zero-order chi connectivity index (χ0) is 21.0. The number of carbonyl (C=O) groups is 1. The summed E-state index contributed by atoms with van der Waals surface area (Å²) in [5, 5.41) is 10.6. The van der Waals surface area contributed by atoms with Gasteiger partial charge < -0.3 is 19.3 Å². The molecule has 0 N–H and O–H groups in total. The molecular weight excluding hydrogens is 374 g/mol. The van der Waals surface area contributed by atoms with Crippen LogP contribution in [0.25, 0.3) is 0 Å². The van der Waals surface area contributed by atoms with Crippen molar-refractivity contribution in [3.8, 4) is 5.75 Å². The van der Waals surface area contributed by atoms with Crippen molar-refractivity contribution >= 4 is 17.5 Å². The predicted molar refractivity (Wildman–Crippen MR) is 109 cm³/mol. The van der Waals surface area contributed by atoms with Gasteiger partial charge in [0.25, 0.3) is 5.69 Å². The van der Waals surface area contributed by atoms with Gasteiger partial charge in [-0.05, 0) is 44.0 Å². The van der Waals surface area contributed by atoms with E-state index >= 15 is 0 Å². The molecule has 0 fully saturated rings. The van der Waals surface area contributed by atoms with Crippen LogP contribution in [0.1, 0.15) is 16.7 Å². The fourth-order valence-corrected chi connectivity index (χ4v) is 3.39. The van der Waals surface area contributed by atoms with E-state index in [0.717, 1.165) is 0 Å². The highest BCUT2D eigenvalue weighted by Crippen LogP contribution is 2.28. The van der Waals surface area contributed by atoms with Crippen LogP contribution in [0.2, 0.25) is 0 Å². The van der Waals surface area contributed by atoms with Gasteiger partial charge in [0.05, 0.1) is 18.1 Å². The van der Waals surface area contributed by atoms with E-state index in [4.69, 9.17) is 9.47 Å². The zero-order valence-corrected chi connectivity index (χ0v) is 16.6. The SMILES string of the molecule is Cc1cc(C)c(N2C=CN(CCOC(=O)Oc3ccc([N+](=O)[O-])cc3)C2)c(C)c1. The van der Waals surface area contributed by atoms with Crippen LogP contribution in [0.5, 0.6) is 5.75 Å². The summed E-state index contributed by atoms with van der Waals surface area (Å²) in [6, 6.07) is 9.56. The van der Waals surface area contributed by atoms with Crippen molar-refractivity contribution in [3.05, 3.63) is 75.6 Å². The number of ether oxygens (including phenoxy) is 2. The van der Waals surface area contributed by atoms with Crippen molar-refractivity contribution in [1.82, 2.24) is 4.90 Å². The van der Waals surface area contributed by atoms with Crippen molar-refractivity contribution in [2.24, 2.45) is 0 Å². The van der Waals surface area contributed by atoms with Crippen LogP contribution < -0.4 is 9.64 Å². The number of benzene rings is 2. The van der Waals surface area contributed by atoms with Gasteiger partial charge in [-0.15, -0.1) is 0 Å². The summed E-state index contributed by atoms with van der Waals surface area (Å²) in [5.74, 6) is 0.193. The van der Waals surface area contributed by atoms with E-state index < -0.39 is 11.1 Å². The molecule has 1 heterocycles. The normalized spacial score (nSPS) is 12.9. The lowest BCUT2D eigenvalue weighted by molar-refractivity contribution is -0.384. The molecule has 0 spiro atoms. The molecule has 2 aromatic carbocycles. The van der Waals surface area contributed by atoms with Crippen LogP contribution in [0, 0.1) is 30.9 Å². The van der Waals surface area contributed by atoms with Gasteiger partial charge in [-0.3, -0.25) is 10.1 Å². The number of nitro benzene ring substituents is 1. The predicted octanol–water partition coefficient (Wildman–Crippen LogP) is 4.29. The number of carbonyl (C=O) groups excluding carboxylic acids is 1. The molecule has 0 atom stereocenters. The summed E-state index contributed by atoms with van der Waals surface area (Å²) >= 11 is 0. The lowest BCUT2D eigenvalue weighted by Crippen LogP contribution is -2.29. The van der Waals surface area contributed by atoms with E-state index in [0.29, 0.717) is 13.2 Å². The molecule has 1 aliphatic rings. The molecule has 152 valence electrons. The van der Waals surface area contributed by atoms with E-state index in [1.807, 2.05) is 17.3 Å². The zero-order valence-electron chi connectivity index (χ0n) is 16.6. The molecule has 3 rings (SSSR count). The number of anilines is 1. The fraction of sp³-hybridized carbons (Fsp3) is 0.286. The summed E-state index contributed by atoms with van der Waals surface area (Å²) in [6.07, 6.45) is 3.13. The third-order valence-electron chi connectivity index (χ3n) is 4.56. The fourth-order valence-electron chi connectivity index (χ4n) is 3.39. The van der Waals surface area contributed by atoms with E-state index in [-0.39, 0.29) is 18.0 Å². The van der Waals surface area contributed by atoms with Gasteiger partial charge in [0.2, 0.25) is 0 Å². The maximum atomic E-state index is 11.8. The van der Waals surface area contributed by atoms with Crippen molar-refractivity contribution in [3.63, 3.8) is 0 Å². The number of aryl methyl sites for hydroxylation is 3. The van der Waals surface area contributed by atoms with Crippen LogP contribution in [-0.4, -0.2) is 35.8 Å². The van der Waals surface area contributed by atoms with Crippen molar-refractivity contribution in [2.45, 2.75) is 20.8 Å². The Bertz CT molecular complexity index is 917. The maximum absolute atomic E-state index is 11.8. The highest BCUT2D eigenvalue weighted by Gasteiger charge is 2.18. The van der Waals surface area contributed by atoms with E-state index in [2.05, 4.69) is 37.8 Å². The lowest BCUT2D eigenvalue weighted by atomic mass is 10.0. The van der Waals surface area contributed by atoms with Crippen molar-refractivity contribution in [2.75, 3.05) is 24.7 Å². The number of hydrogen-bond acceptors (Lipinski definition) is 7. The second kappa shape index (κ2) is 8.64. The van der Waals surface area contributed by atoms with Gasteiger partial charge in [-0.2, -0.15) is 0 Å². The standard InChI is InChI=1S/C21H23N3O5/c1-15-12-16(2)20(17(3)13-15)23-9-8-22(14-23)10-11-28-21(25)29-19-6-4-18(5-7-19)24(26)27/h4-9,12-13H,10-11,14H2,1-3H3. The highest BCUT2D eigenvalue weighted by molar-refractivity contribution is 5.64. The smallest absolute Gasteiger partial charge is 0.432 e. The minimum Gasteiger partial charge on any atom is -0.432 e. The summed E-state index contributed by atoms with van der Waals surface area (Å²) in [4.78, 5) is 26.1. The van der Waals surface area contributed by atoms with Gasteiger partial charge in [0.1, 0.15) is 12.4 Å². The molecule has 8 nitrogen and oxygen atoms in total. The first-order chi connectivity index (χ1) is 13.8. The molecule has 0 saturated carbocycles. The number of rotatable bonds is 6. The first-order valence-electron chi connectivity index (χ1n) is 9.19. The van der Waals surface area contributed by atoms with E-state index in [1.165, 1.54) is 46.6 Å². The molecule has 0 aliphatic carbocycles. The average Bonchev–Trinajstić information content (AvgIpc) is 3.09. The van der Waals surface area contributed by atoms with Crippen molar-refractivity contribution < 1.29 is 19.2 Å². The quantitative estimate of drug-likeness (QED) is 0.311. The molecule has 0 aromatic heterocycles. The monoisotopic (exact) mass is 397 g/mol. The topological polar surface area (TPSA) is 85.2 Å². The largest absolute Gasteiger partial charge is 0.513 e. The van der Waals surface area contributed by atoms with Crippen LogP contribution in [0.3, 0.4) is 0 Å². The molecule has 1 aliphatic heterocycles. The summed E-state index contributed by atoms with van der Waals surface area (Å²) < 4.78 is 10.1. The molecule has 0 radical (unpaired) electrons. The lowest BCUT2D eigenvalue weighted by Gasteiger charge is -2.24. The second-order valence-electron chi connectivity index (χ2n) is 6.92. The van der Waals surface area contributed by atoms with Gasteiger partial charge in [0.15, 0.2) is 0 Å². The number of nitro groups is 1. The molecule has 0 bridgehead atoms. The summed E-state index contributed by atoms with van der Waals surface area (Å²) in [5.41, 5.74) is 4.79. The van der Waals surface area contributed by atoms with Gasteiger partial charge >= 0.3 is 6.16 Å². The summed E-state index contributed by atoms with van der Waals surface area (Å²) in [6.45, 7) is 7.64. The van der Waals surface area contributed by atoms with Gasteiger partial charge in [-0.1, -0.05) is 17.7 Å². The van der Waals surface area contributed by atoms with Gasteiger partial charge in [0, 0.05) is 30.2 Å². The minimum absolute atomic E-state index is 0.0739. The highest BCUT2D eigenvalue weighted by atomic mass is 16.7. The third-order valence-corrected chi connectivity index (χ3v) is 4.56. The van der Waals surface area contributed by atoms with Crippen LogP contribution >= 0.6 is 0 Å². The first-order valence-corrected chi connectivity index (χ1v) is 9.19. The van der Waals surface area contributed by atoms with E-state index in [9.17, 15) is 14.9 Å². The third kappa shape index (κ3) is 5.04. The van der Waals surface area contributed by atoms with E-state index in [1.54, 1.807) is 0 Å². The molecular formula is C21H23N3O5. The summed E-state index contributed by atoms with van der Waals surface area (Å²) in [7, 11) is 0. The number of non-ortho nitro benzene ring substituents is 1. The Morgan fingerprint density at radius 2 is 1.76 bits per heavy atom. The molecule has 29 heavy (non-hydrogen) atoms. The maximum Gasteiger partial charge on any atom is 0.513 e. The minimum atomic E-state index is -0.843. The van der Waals surface area contributed by atoms with Gasteiger partial charge in [-0.25, -0.2) is 4.79 Å². The Morgan fingerprint density at radius 1 is 1.10 bits per heavy atom. The Hall–Kier alpha value is -3.55. The Morgan fingerprint density at radius 3 is 2.38 bits per heavy atom. The molecule has 0 unspecified atom stereocenters. The second-order valence-corrected chi connectivity index (χ2v) is 6.92. The Kier molecular flexibility index (Phi) is 6.01. The Balaban J connectivity index is 1.45.